The highest BCUT2D eigenvalue weighted by molar-refractivity contribution is 9.10. The first kappa shape index (κ1) is 14.1. The molecule has 0 spiro atoms. The maximum absolute atomic E-state index is 11.8. The molecule has 0 saturated heterocycles. The molecule has 1 amide bonds. The van der Waals surface area contributed by atoms with Gasteiger partial charge < -0.3 is 9.88 Å². The van der Waals surface area contributed by atoms with Gasteiger partial charge in [-0.05, 0) is 28.4 Å². The molecule has 1 heterocycles. The number of amides is 1. The van der Waals surface area contributed by atoms with E-state index in [1.165, 1.54) is 0 Å². The zero-order valence-electron chi connectivity index (χ0n) is 9.14. The van der Waals surface area contributed by atoms with Crippen LogP contribution in [0, 0.1) is 0 Å². The molecule has 7 heteroatoms. The number of nitrogens with zero attached hydrogens (tertiary/aromatic N) is 1. The molecule has 1 N–H and O–H groups in total. The van der Waals surface area contributed by atoms with Crippen molar-refractivity contribution in [2.45, 2.75) is 19.0 Å². The summed E-state index contributed by atoms with van der Waals surface area (Å²) in [7, 11) is 1.69. The molecule has 0 aromatic carbocycles. The van der Waals surface area contributed by atoms with Crippen LogP contribution in [0.5, 0.6) is 0 Å². The molecule has 0 aliphatic carbocycles. The highest BCUT2D eigenvalue weighted by Crippen LogP contribution is 2.20. The molecule has 96 valence electrons. The van der Waals surface area contributed by atoms with Crippen LogP contribution in [0.2, 0.25) is 0 Å². The van der Waals surface area contributed by atoms with Gasteiger partial charge in [0, 0.05) is 30.7 Å². The van der Waals surface area contributed by atoms with Crippen LogP contribution in [0.4, 0.5) is 13.2 Å². The summed E-state index contributed by atoms with van der Waals surface area (Å²) in [6, 6.07) is 1.61. The zero-order chi connectivity index (χ0) is 13.1. The van der Waals surface area contributed by atoms with Crippen molar-refractivity contribution in [1.29, 1.82) is 0 Å². The molecule has 1 rings (SSSR count). The molecule has 17 heavy (non-hydrogen) atoms. The topological polar surface area (TPSA) is 34.0 Å². The van der Waals surface area contributed by atoms with E-state index in [4.69, 9.17) is 0 Å². The summed E-state index contributed by atoms with van der Waals surface area (Å²) in [6.07, 6.45) is -3.46. The summed E-state index contributed by atoms with van der Waals surface area (Å²) in [5.74, 6) is -0.375. The highest BCUT2D eigenvalue weighted by Gasteiger charge is 2.26. The smallest absolute Gasteiger partial charge is 0.351 e. The largest absolute Gasteiger partial charge is 0.389 e. The van der Waals surface area contributed by atoms with Gasteiger partial charge in [-0.2, -0.15) is 13.2 Å². The van der Waals surface area contributed by atoms with Gasteiger partial charge in [0.25, 0.3) is 5.91 Å². The number of carbonyl (C=O) groups excluding carboxylic acids is 1. The molecule has 1 aromatic rings. The van der Waals surface area contributed by atoms with Gasteiger partial charge in [0.15, 0.2) is 0 Å². The Morgan fingerprint density at radius 2 is 2.18 bits per heavy atom. The number of aromatic nitrogens is 1. The van der Waals surface area contributed by atoms with Crippen molar-refractivity contribution in [1.82, 2.24) is 9.88 Å². The first-order chi connectivity index (χ1) is 7.79. The minimum Gasteiger partial charge on any atom is -0.351 e. The summed E-state index contributed by atoms with van der Waals surface area (Å²) >= 11 is 3.21. The lowest BCUT2D eigenvalue weighted by atomic mass is 10.3. The molecule has 0 fully saturated rings. The number of alkyl halides is 3. The Balaban J connectivity index is 2.38. The van der Waals surface area contributed by atoms with Crippen LogP contribution < -0.4 is 5.32 Å². The van der Waals surface area contributed by atoms with Gasteiger partial charge >= 0.3 is 6.18 Å². The van der Waals surface area contributed by atoms with Gasteiger partial charge in [0.2, 0.25) is 0 Å². The molecule has 0 aliphatic rings. The Hall–Kier alpha value is -0.980. The molecule has 1 aromatic heterocycles. The van der Waals surface area contributed by atoms with E-state index in [9.17, 15) is 18.0 Å². The lowest BCUT2D eigenvalue weighted by Gasteiger charge is -2.07. The minimum absolute atomic E-state index is 0.0150. The third kappa shape index (κ3) is 4.80. The van der Waals surface area contributed by atoms with E-state index in [1.54, 1.807) is 23.9 Å². The number of rotatable bonds is 4. The summed E-state index contributed by atoms with van der Waals surface area (Å²) in [5, 5.41) is 2.45. The van der Waals surface area contributed by atoms with Crippen LogP contribution >= 0.6 is 15.9 Å². The molecule has 0 bridgehead atoms. The zero-order valence-corrected chi connectivity index (χ0v) is 10.7. The minimum atomic E-state index is -4.17. The van der Waals surface area contributed by atoms with Gasteiger partial charge in [0.05, 0.1) is 0 Å². The van der Waals surface area contributed by atoms with Crippen molar-refractivity contribution < 1.29 is 18.0 Å². The third-order valence-corrected chi connectivity index (χ3v) is 2.56. The maximum atomic E-state index is 11.8. The van der Waals surface area contributed by atoms with Crippen LogP contribution in [-0.4, -0.2) is 23.2 Å². The molecular formula is C10H12BrF3N2O. The van der Waals surface area contributed by atoms with Crippen molar-refractivity contribution in [2.24, 2.45) is 7.05 Å². The van der Waals surface area contributed by atoms with E-state index < -0.39 is 12.6 Å². The standard InChI is InChI=1S/C10H12BrF3N2O/c1-16-6-7(11)5-8(16)9(17)15-4-2-3-10(12,13)14/h5-6H,2-4H2,1H3,(H,15,17). The monoisotopic (exact) mass is 312 g/mol. The SMILES string of the molecule is Cn1cc(Br)cc1C(=O)NCCCC(F)(F)F. The van der Waals surface area contributed by atoms with Gasteiger partial charge in [-0.1, -0.05) is 0 Å². The van der Waals surface area contributed by atoms with Gasteiger partial charge in [-0.25, -0.2) is 0 Å². The number of aryl methyl sites for hydroxylation is 1. The van der Waals surface area contributed by atoms with Crippen molar-refractivity contribution >= 4 is 21.8 Å². The van der Waals surface area contributed by atoms with Crippen molar-refractivity contribution in [3.8, 4) is 0 Å². The predicted molar refractivity (Wildman–Crippen MR) is 60.7 cm³/mol. The van der Waals surface area contributed by atoms with E-state index in [2.05, 4.69) is 21.2 Å². The maximum Gasteiger partial charge on any atom is 0.389 e. The normalized spacial score (nSPS) is 11.6. The van der Waals surface area contributed by atoms with E-state index in [0.717, 1.165) is 4.47 Å². The molecular weight excluding hydrogens is 301 g/mol. The molecule has 0 unspecified atom stereocenters. The molecule has 0 atom stereocenters. The van der Waals surface area contributed by atoms with Gasteiger partial charge in [-0.15, -0.1) is 0 Å². The van der Waals surface area contributed by atoms with Gasteiger partial charge in [-0.3, -0.25) is 4.79 Å². The summed E-state index contributed by atoms with van der Waals surface area (Å²) in [5.41, 5.74) is 0.406. The van der Waals surface area contributed by atoms with Crippen LogP contribution in [0.25, 0.3) is 0 Å². The second kappa shape index (κ2) is 5.57. The van der Waals surface area contributed by atoms with E-state index in [-0.39, 0.29) is 18.9 Å². The van der Waals surface area contributed by atoms with E-state index >= 15 is 0 Å². The van der Waals surface area contributed by atoms with Crippen molar-refractivity contribution in [3.63, 3.8) is 0 Å². The Labute approximate surface area is 105 Å². The Morgan fingerprint density at radius 1 is 1.53 bits per heavy atom. The van der Waals surface area contributed by atoms with Crippen LogP contribution in [0.15, 0.2) is 16.7 Å². The Bertz CT molecular complexity index is 401. The number of carbonyl (C=O) groups is 1. The second-order valence-corrected chi connectivity index (χ2v) is 4.54. The fraction of sp³-hybridized carbons (Fsp3) is 0.500. The van der Waals surface area contributed by atoms with Crippen LogP contribution in [0.1, 0.15) is 23.3 Å². The summed E-state index contributed by atoms with van der Waals surface area (Å²) < 4.78 is 37.9. The molecule has 0 saturated carbocycles. The summed E-state index contributed by atoms with van der Waals surface area (Å²) in [6.45, 7) is 0.0150. The number of hydrogen-bond donors (Lipinski definition) is 1. The predicted octanol–water partition coefficient (Wildman–Crippen LogP) is 2.86. The first-order valence-corrected chi connectivity index (χ1v) is 5.76. The van der Waals surface area contributed by atoms with E-state index in [1.807, 2.05) is 0 Å². The Kier molecular flexibility index (Phi) is 4.62. The van der Waals surface area contributed by atoms with Crippen LogP contribution in [0.3, 0.4) is 0 Å². The number of halogens is 4. The number of hydrogen-bond acceptors (Lipinski definition) is 1. The first-order valence-electron chi connectivity index (χ1n) is 4.96. The molecule has 0 radical (unpaired) electrons. The number of nitrogens with one attached hydrogen (secondary N) is 1. The lowest BCUT2D eigenvalue weighted by Crippen LogP contribution is -2.27. The lowest BCUT2D eigenvalue weighted by molar-refractivity contribution is -0.135. The van der Waals surface area contributed by atoms with Crippen molar-refractivity contribution in [2.75, 3.05) is 6.54 Å². The highest BCUT2D eigenvalue weighted by atomic mass is 79.9. The fourth-order valence-corrected chi connectivity index (χ4v) is 1.86. The van der Waals surface area contributed by atoms with E-state index in [0.29, 0.717) is 5.69 Å². The second-order valence-electron chi connectivity index (χ2n) is 3.63. The average molecular weight is 313 g/mol. The molecule has 0 aliphatic heterocycles. The van der Waals surface area contributed by atoms with Gasteiger partial charge in [0.1, 0.15) is 5.69 Å². The van der Waals surface area contributed by atoms with Crippen molar-refractivity contribution in [3.05, 3.63) is 22.4 Å². The average Bonchev–Trinajstić information content (AvgIpc) is 2.51. The summed E-state index contributed by atoms with van der Waals surface area (Å²) in [4.78, 5) is 11.6. The Morgan fingerprint density at radius 3 is 2.65 bits per heavy atom. The third-order valence-electron chi connectivity index (χ3n) is 2.13. The fourth-order valence-electron chi connectivity index (χ4n) is 1.33. The quantitative estimate of drug-likeness (QED) is 0.852. The van der Waals surface area contributed by atoms with Crippen LogP contribution in [-0.2, 0) is 7.05 Å². The molecule has 3 nitrogen and oxygen atoms in total.